The van der Waals surface area contributed by atoms with Gasteiger partial charge in [-0.3, -0.25) is 0 Å². The molecular formula is C16H26N2O2S. The first kappa shape index (κ1) is 16.3. The van der Waals surface area contributed by atoms with Crippen LogP contribution in [0.3, 0.4) is 0 Å². The fraction of sp³-hybridized carbons (Fsp3) is 0.625. The van der Waals surface area contributed by atoms with Crippen molar-refractivity contribution in [1.29, 1.82) is 0 Å². The molecule has 118 valence electrons. The van der Waals surface area contributed by atoms with Crippen LogP contribution in [0.15, 0.2) is 29.2 Å². The average molecular weight is 310 g/mol. The summed E-state index contributed by atoms with van der Waals surface area (Å²) >= 11 is 0. The van der Waals surface area contributed by atoms with E-state index in [1.54, 1.807) is 19.1 Å². The van der Waals surface area contributed by atoms with Gasteiger partial charge < -0.3 is 10.2 Å². The Labute approximate surface area is 128 Å². The predicted octanol–water partition coefficient (Wildman–Crippen LogP) is 2.31. The van der Waals surface area contributed by atoms with E-state index in [0.717, 1.165) is 31.9 Å². The Morgan fingerprint density at radius 3 is 2.48 bits per heavy atom. The fourth-order valence-corrected chi connectivity index (χ4v) is 3.72. The molecule has 0 aromatic heterocycles. The van der Waals surface area contributed by atoms with Crippen LogP contribution in [0.5, 0.6) is 0 Å². The Kier molecular flexibility index (Phi) is 5.65. The van der Waals surface area contributed by atoms with Crippen molar-refractivity contribution in [1.82, 2.24) is 5.32 Å². The maximum Gasteiger partial charge on any atom is 0.178 e. The number of benzene rings is 1. The van der Waals surface area contributed by atoms with Gasteiger partial charge in [0.1, 0.15) is 0 Å². The van der Waals surface area contributed by atoms with Crippen molar-refractivity contribution < 1.29 is 8.42 Å². The third-order valence-electron chi connectivity index (χ3n) is 4.20. The minimum atomic E-state index is -3.10. The van der Waals surface area contributed by atoms with Gasteiger partial charge in [-0.25, -0.2) is 8.42 Å². The van der Waals surface area contributed by atoms with Gasteiger partial charge >= 0.3 is 0 Å². The smallest absolute Gasteiger partial charge is 0.178 e. The van der Waals surface area contributed by atoms with Crippen molar-refractivity contribution in [3.8, 4) is 0 Å². The molecule has 0 amide bonds. The molecule has 1 aliphatic rings. The predicted molar refractivity (Wildman–Crippen MR) is 87.6 cm³/mol. The Bertz CT molecular complexity index is 534. The molecular weight excluding hydrogens is 284 g/mol. The Balaban J connectivity index is 2.08. The summed E-state index contributed by atoms with van der Waals surface area (Å²) in [6.45, 7) is 8.01. The summed E-state index contributed by atoms with van der Waals surface area (Å²) in [6, 6.07) is 7.33. The van der Waals surface area contributed by atoms with Crippen molar-refractivity contribution in [3.63, 3.8) is 0 Å². The van der Waals surface area contributed by atoms with Crippen LogP contribution in [0, 0.1) is 5.92 Å². The molecule has 1 fully saturated rings. The summed E-state index contributed by atoms with van der Waals surface area (Å²) < 4.78 is 23.7. The van der Waals surface area contributed by atoms with Crippen LogP contribution < -0.4 is 10.2 Å². The van der Waals surface area contributed by atoms with E-state index in [9.17, 15) is 8.42 Å². The molecule has 1 aromatic carbocycles. The highest BCUT2D eigenvalue weighted by Gasteiger charge is 2.17. The Morgan fingerprint density at radius 1 is 1.24 bits per heavy atom. The number of hydrogen-bond donors (Lipinski definition) is 1. The lowest BCUT2D eigenvalue weighted by atomic mass is 9.99. The zero-order chi connectivity index (χ0) is 15.3. The maximum absolute atomic E-state index is 11.8. The van der Waals surface area contributed by atoms with Crippen LogP contribution in [-0.2, 0) is 9.84 Å². The van der Waals surface area contributed by atoms with Crippen molar-refractivity contribution in [3.05, 3.63) is 24.3 Å². The van der Waals surface area contributed by atoms with Gasteiger partial charge in [-0.05, 0) is 63.0 Å². The second-order valence-electron chi connectivity index (χ2n) is 5.65. The molecule has 4 nitrogen and oxygen atoms in total. The molecule has 21 heavy (non-hydrogen) atoms. The Hall–Kier alpha value is -1.07. The van der Waals surface area contributed by atoms with Crippen LogP contribution in [-0.4, -0.2) is 40.3 Å². The lowest BCUT2D eigenvalue weighted by Crippen LogP contribution is -2.38. The molecule has 1 unspecified atom stereocenters. The summed E-state index contributed by atoms with van der Waals surface area (Å²) in [7, 11) is -3.10. The topological polar surface area (TPSA) is 49.4 Å². The van der Waals surface area contributed by atoms with Gasteiger partial charge in [-0.2, -0.15) is 0 Å². The molecule has 0 saturated carbocycles. The first-order chi connectivity index (χ1) is 10.1. The van der Waals surface area contributed by atoms with Crippen LogP contribution in [0.2, 0.25) is 0 Å². The number of nitrogens with one attached hydrogen (secondary N) is 1. The molecule has 0 radical (unpaired) electrons. The van der Waals surface area contributed by atoms with Crippen molar-refractivity contribution in [2.45, 2.75) is 31.6 Å². The molecule has 1 heterocycles. The number of piperidine rings is 1. The lowest BCUT2D eigenvalue weighted by Gasteiger charge is -2.31. The number of rotatable bonds is 6. The molecule has 2 rings (SSSR count). The monoisotopic (exact) mass is 310 g/mol. The van der Waals surface area contributed by atoms with Gasteiger partial charge in [0.15, 0.2) is 9.84 Å². The average Bonchev–Trinajstić information content (AvgIpc) is 2.54. The van der Waals surface area contributed by atoms with Crippen molar-refractivity contribution >= 4 is 15.5 Å². The van der Waals surface area contributed by atoms with Crippen LogP contribution in [0.1, 0.15) is 26.7 Å². The van der Waals surface area contributed by atoms with E-state index < -0.39 is 9.84 Å². The highest BCUT2D eigenvalue weighted by atomic mass is 32.2. The standard InChI is InChI=1S/C16H26N2O2S/c1-3-18(13-14-6-5-11-17-12-14)15-7-9-16(10-8-15)21(19,20)4-2/h7-10,14,17H,3-6,11-13H2,1-2H3. The number of hydrogen-bond acceptors (Lipinski definition) is 4. The van der Waals surface area contributed by atoms with Crippen molar-refractivity contribution in [2.24, 2.45) is 5.92 Å². The van der Waals surface area contributed by atoms with Crippen LogP contribution in [0.4, 0.5) is 5.69 Å². The Morgan fingerprint density at radius 2 is 1.95 bits per heavy atom. The fourth-order valence-electron chi connectivity index (χ4n) is 2.84. The van der Waals surface area contributed by atoms with Gasteiger partial charge in [0, 0.05) is 18.8 Å². The first-order valence-corrected chi connectivity index (χ1v) is 9.50. The van der Waals surface area contributed by atoms with Gasteiger partial charge in [0.2, 0.25) is 0 Å². The summed E-state index contributed by atoms with van der Waals surface area (Å²) in [6.07, 6.45) is 2.52. The molecule has 5 heteroatoms. The molecule has 1 saturated heterocycles. The normalized spacial score (nSPS) is 19.4. The SMILES string of the molecule is CCN(CC1CCCNC1)c1ccc(S(=O)(=O)CC)cc1. The van der Waals surface area contributed by atoms with Gasteiger partial charge in [-0.15, -0.1) is 0 Å². The number of sulfone groups is 1. The highest BCUT2D eigenvalue weighted by molar-refractivity contribution is 7.91. The molecule has 0 bridgehead atoms. The van der Waals surface area contributed by atoms with E-state index in [-0.39, 0.29) is 5.75 Å². The van der Waals surface area contributed by atoms with Gasteiger partial charge in [0.25, 0.3) is 0 Å². The number of anilines is 1. The molecule has 1 aliphatic heterocycles. The van der Waals surface area contributed by atoms with Gasteiger partial charge in [0.05, 0.1) is 10.6 Å². The van der Waals surface area contributed by atoms with Gasteiger partial charge in [-0.1, -0.05) is 6.92 Å². The minimum Gasteiger partial charge on any atom is -0.371 e. The summed E-state index contributed by atoms with van der Waals surface area (Å²) in [4.78, 5) is 2.75. The van der Waals surface area contributed by atoms with E-state index in [1.807, 2.05) is 12.1 Å². The highest BCUT2D eigenvalue weighted by Crippen LogP contribution is 2.21. The molecule has 1 aromatic rings. The van der Waals surface area contributed by atoms with Crippen molar-refractivity contribution in [2.75, 3.05) is 36.8 Å². The van der Waals surface area contributed by atoms with E-state index in [2.05, 4.69) is 17.1 Å². The molecule has 0 spiro atoms. The second-order valence-corrected chi connectivity index (χ2v) is 7.93. The second kappa shape index (κ2) is 7.27. The third kappa shape index (κ3) is 4.20. The van der Waals surface area contributed by atoms with Crippen LogP contribution in [0.25, 0.3) is 0 Å². The van der Waals surface area contributed by atoms with Crippen LogP contribution >= 0.6 is 0 Å². The minimum absolute atomic E-state index is 0.150. The zero-order valence-electron chi connectivity index (χ0n) is 13.0. The van der Waals surface area contributed by atoms with E-state index in [4.69, 9.17) is 0 Å². The molecule has 0 aliphatic carbocycles. The quantitative estimate of drug-likeness (QED) is 0.876. The van der Waals surface area contributed by atoms with E-state index >= 15 is 0 Å². The summed E-state index contributed by atoms with van der Waals surface area (Å²) in [5, 5.41) is 3.45. The molecule has 1 atom stereocenters. The lowest BCUT2D eigenvalue weighted by molar-refractivity contribution is 0.378. The molecule has 1 N–H and O–H groups in total. The zero-order valence-corrected chi connectivity index (χ0v) is 13.8. The first-order valence-electron chi connectivity index (χ1n) is 7.85. The number of nitrogens with zero attached hydrogens (tertiary/aromatic N) is 1. The van der Waals surface area contributed by atoms with E-state index in [1.165, 1.54) is 12.8 Å². The van der Waals surface area contributed by atoms with E-state index in [0.29, 0.717) is 10.8 Å². The summed E-state index contributed by atoms with van der Waals surface area (Å²) in [5.41, 5.74) is 1.11. The largest absolute Gasteiger partial charge is 0.371 e. The third-order valence-corrected chi connectivity index (χ3v) is 5.95. The maximum atomic E-state index is 11.8. The summed E-state index contributed by atoms with van der Waals surface area (Å²) in [5.74, 6) is 0.829.